The minimum absolute atomic E-state index is 0.347. The van der Waals surface area contributed by atoms with Crippen LogP contribution in [0.25, 0.3) is 10.9 Å². The van der Waals surface area contributed by atoms with Gasteiger partial charge in [-0.15, -0.1) is 0 Å². The van der Waals surface area contributed by atoms with E-state index in [1.807, 2.05) is 12.1 Å². The van der Waals surface area contributed by atoms with Crippen molar-refractivity contribution in [2.45, 2.75) is 46.1 Å². The van der Waals surface area contributed by atoms with Gasteiger partial charge >= 0.3 is 0 Å². The minimum atomic E-state index is 0.347. The Balaban J connectivity index is 1.83. The number of halogens is 1. The highest BCUT2D eigenvalue weighted by molar-refractivity contribution is 6.28. The number of benzene rings is 1. The van der Waals surface area contributed by atoms with Crippen LogP contribution in [0.5, 0.6) is 0 Å². The molecule has 1 aliphatic carbocycles. The van der Waals surface area contributed by atoms with Gasteiger partial charge in [0, 0.05) is 18.0 Å². The normalized spacial score (nSPS) is 30.0. The third-order valence-electron chi connectivity index (χ3n) is 5.24. The fourth-order valence-electron chi connectivity index (χ4n) is 4.96. The van der Waals surface area contributed by atoms with Crippen LogP contribution in [0.2, 0.25) is 5.28 Å². The molecule has 0 spiro atoms. The molecular weight excluding hydrogens is 294 g/mol. The van der Waals surface area contributed by atoms with Gasteiger partial charge in [0.1, 0.15) is 5.82 Å². The average Bonchev–Trinajstić information content (AvgIpc) is 2.67. The second kappa shape index (κ2) is 4.58. The maximum Gasteiger partial charge on any atom is 0.224 e. The van der Waals surface area contributed by atoms with Crippen molar-refractivity contribution < 1.29 is 0 Å². The maximum absolute atomic E-state index is 6.19. The molecule has 2 fully saturated rings. The molecule has 2 atom stereocenters. The van der Waals surface area contributed by atoms with Crippen LogP contribution >= 0.6 is 11.6 Å². The highest BCUT2D eigenvalue weighted by atomic mass is 35.5. The number of hydrogen-bond donors (Lipinski definition) is 0. The van der Waals surface area contributed by atoms with Crippen molar-refractivity contribution in [1.29, 1.82) is 0 Å². The van der Waals surface area contributed by atoms with E-state index in [9.17, 15) is 0 Å². The van der Waals surface area contributed by atoms with E-state index in [2.05, 4.69) is 47.8 Å². The average molecular weight is 316 g/mol. The van der Waals surface area contributed by atoms with E-state index in [0.29, 0.717) is 22.2 Å². The van der Waals surface area contributed by atoms with Crippen LogP contribution in [0.4, 0.5) is 5.82 Å². The molecule has 2 aromatic rings. The first-order valence-electron chi connectivity index (χ1n) is 8.04. The van der Waals surface area contributed by atoms with E-state index in [-0.39, 0.29) is 0 Å². The van der Waals surface area contributed by atoms with Crippen LogP contribution in [0, 0.1) is 10.8 Å². The molecule has 0 radical (unpaired) electrons. The summed E-state index contributed by atoms with van der Waals surface area (Å²) in [4.78, 5) is 11.5. The Morgan fingerprint density at radius 2 is 1.91 bits per heavy atom. The second-order valence-electron chi connectivity index (χ2n) is 8.18. The van der Waals surface area contributed by atoms with Gasteiger partial charge < -0.3 is 4.90 Å². The third-order valence-corrected chi connectivity index (χ3v) is 5.41. The van der Waals surface area contributed by atoms with Crippen LogP contribution in [0.15, 0.2) is 24.3 Å². The van der Waals surface area contributed by atoms with Gasteiger partial charge in [-0.3, -0.25) is 0 Å². The van der Waals surface area contributed by atoms with Crippen LogP contribution in [-0.4, -0.2) is 22.6 Å². The molecule has 1 saturated carbocycles. The minimum Gasteiger partial charge on any atom is -0.352 e. The first-order valence-corrected chi connectivity index (χ1v) is 8.42. The number of rotatable bonds is 1. The zero-order chi connectivity index (χ0) is 15.5. The third kappa shape index (κ3) is 2.26. The lowest BCUT2D eigenvalue weighted by molar-refractivity contribution is 0.136. The maximum atomic E-state index is 6.19. The Hall–Kier alpha value is -1.35. The lowest BCUT2D eigenvalue weighted by atomic mass is 9.65. The van der Waals surface area contributed by atoms with Gasteiger partial charge in [0.2, 0.25) is 5.28 Å². The summed E-state index contributed by atoms with van der Waals surface area (Å²) in [6.45, 7) is 8.28. The van der Waals surface area contributed by atoms with Gasteiger partial charge in [0.05, 0.1) is 5.52 Å². The van der Waals surface area contributed by atoms with Crippen LogP contribution in [-0.2, 0) is 0 Å². The molecule has 22 heavy (non-hydrogen) atoms. The number of fused-ring (bicyclic) bond motifs is 3. The van der Waals surface area contributed by atoms with Crippen LogP contribution < -0.4 is 4.90 Å². The molecule has 2 bridgehead atoms. The molecule has 2 unspecified atom stereocenters. The molecule has 4 heteroatoms. The van der Waals surface area contributed by atoms with Gasteiger partial charge in [0.15, 0.2) is 0 Å². The predicted octanol–water partition coefficient (Wildman–Crippen LogP) is 4.69. The van der Waals surface area contributed by atoms with Crippen LogP contribution in [0.1, 0.15) is 40.0 Å². The molecule has 1 aliphatic heterocycles. The van der Waals surface area contributed by atoms with Crippen molar-refractivity contribution in [2.75, 3.05) is 11.4 Å². The Bertz CT molecular complexity index is 742. The van der Waals surface area contributed by atoms with Gasteiger partial charge in [-0.2, -0.15) is 4.98 Å². The molecule has 4 rings (SSSR count). The molecule has 0 amide bonds. The summed E-state index contributed by atoms with van der Waals surface area (Å²) >= 11 is 6.19. The molecule has 2 heterocycles. The molecule has 0 N–H and O–H groups in total. The lowest BCUT2D eigenvalue weighted by Gasteiger charge is -2.39. The highest BCUT2D eigenvalue weighted by Gasteiger charge is 2.50. The summed E-state index contributed by atoms with van der Waals surface area (Å²) in [5, 5.41) is 1.46. The molecule has 1 aromatic carbocycles. The topological polar surface area (TPSA) is 29.0 Å². The Morgan fingerprint density at radius 3 is 2.73 bits per heavy atom. The standard InChI is InChI=1S/C18H22ClN3/c1-17(2)8-12-9-18(3,10-17)11-22(12)15-13-6-4-5-7-14(13)20-16(19)21-15/h4-7,12H,8-11H2,1-3H3. The molecule has 1 aromatic heterocycles. The van der Waals surface area contributed by atoms with E-state index < -0.39 is 0 Å². The SMILES string of the molecule is CC1(C)CC2CC(C)(CN2c2nc(Cl)nc3ccccc23)C1. The van der Waals surface area contributed by atoms with Gasteiger partial charge in [0.25, 0.3) is 0 Å². The first-order chi connectivity index (χ1) is 10.4. The monoisotopic (exact) mass is 315 g/mol. The predicted molar refractivity (Wildman–Crippen MR) is 91.4 cm³/mol. The summed E-state index contributed by atoms with van der Waals surface area (Å²) in [5.41, 5.74) is 1.72. The first kappa shape index (κ1) is 14.3. The zero-order valence-corrected chi connectivity index (χ0v) is 14.2. The second-order valence-corrected chi connectivity index (χ2v) is 8.51. The van der Waals surface area contributed by atoms with E-state index in [1.54, 1.807) is 0 Å². The van der Waals surface area contributed by atoms with E-state index >= 15 is 0 Å². The van der Waals surface area contributed by atoms with E-state index in [0.717, 1.165) is 23.3 Å². The number of anilines is 1. The molecule has 116 valence electrons. The molecule has 3 nitrogen and oxygen atoms in total. The number of aromatic nitrogens is 2. The van der Waals surface area contributed by atoms with Gasteiger partial charge in [-0.25, -0.2) is 4.98 Å². The summed E-state index contributed by atoms with van der Waals surface area (Å²) < 4.78 is 0. The van der Waals surface area contributed by atoms with Crippen molar-refractivity contribution in [1.82, 2.24) is 9.97 Å². The van der Waals surface area contributed by atoms with Crippen molar-refractivity contribution in [2.24, 2.45) is 10.8 Å². The fourth-order valence-corrected chi connectivity index (χ4v) is 5.13. The summed E-state index contributed by atoms with van der Waals surface area (Å²) in [5.74, 6) is 1.02. The molecule has 2 aliphatic rings. The van der Waals surface area contributed by atoms with Gasteiger partial charge in [-0.1, -0.05) is 32.9 Å². The Kier molecular flexibility index (Phi) is 2.96. The quantitative estimate of drug-likeness (QED) is 0.715. The van der Waals surface area contributed by atoms with Crippen molar-refractivity contribution in [3.63, 3.8) is 0 Å². The van der Waals surface area contributed by atoms with E-state index in [4.69, 9.17) is 11.6 Å². The number of hydrogen-bond acceptors (Lipinski definition) is 3. The number of nitrogens with zero attached hydrogens (tertiary/aromatic N) is 3. The zero-order valence-electron chi connectivity index (χ0n) is 13.4. The van der Waals surface area contributed by atoms with Crippen molar-refractivity contribution >= 4 is 28.3 Å². The summed E-state index contributed by atoms with van der Waals surface area (Å²) in [7, 11) is 0. The van der Waals surface area contributed by atoms with Gasteiger partial charge in [-0.05, 0) is 53.8 Å². The number of para-hydroxylation sites is 1. The van der Waals surface area contributed by atoms with Crippen LogP contribution in [0.3, 0.4) is 0 Å². The highest BCUT2D eigenvalue weighted by Crippen LogP contribution is 2.53. The largest absolute Gasteiger partial charge is 0.352 e. The summed E-state index contributed by atoms with van der Waals surface area (Å²) in [6.07, 6.45) is 3.76. The fraction of sp³-hybridized carbons (Fsp3) is 0.556. The smallest absolute Gasteiger partial charge is 0.224 e. The molecular formula is C18H22ClN3. The van der Waals surface area contributed by atoms with E-state index in [1.165, 1.54) is 19.3 Å². The Labute approximate surface area is 136 Å². The summed E-state index contributed by atoms with van der Waals surface area (Å²) in [6, 6.07) is 8.74. The van der Waals surface area contributed by atoms with Crippen molar-refractivity contribution in [3.05, 3.63) is 29.5 Å². The molecule has 1 saturated heterocycles. The Morgan fingerprint density at radius 1 is 1.14 bits per heavy atom. The van der Waals surface area contributed by atoms with Crippen molar-refractivity contribution in [3.8, 4) is 0 Å². The lowest BCUT2D eigenvalue weighted by Crippen LogP contribution is -2.35.